The quantitative estimate of drug-likeness (QED) is 0.0402. The average molecular weight is 1550 g/mol. The predicted octanol–water partition coefficient (Wildman–Crippen LogP) is 19.0. The van der Waals surface area contributed by atoms with Crippen LogP contribution in [0.5, 0.6) is 0 Å². The van der Waals surface area contributed by atoms with E-state index in [4.69, 9.17) is 73.8 Å². The van der Waals surface area contributed by atoms with Crippen LogP contribution in [0.3, 0.4) is 0 Å². The van der Waals surface area contributed by atoms with Crippen molar-refractivity contribution >= 4 is 152 Å². The third-order valence-corrected chi connectivity index (χ3v) is 23.3. The Kier molecular flexibility index (Phi) is 21.0. The normalized spacial score (nSPS) is 13.6. The minimum Gasteiger partial charge on any atom is -0.399 e. The van der Waals surface area contributed by atoms with Gasteiger partial charge in [-0.1, -0.05) is 135 Å². The van der Waals surface area contributed by atoms with Gasteiger partial charge in [0.1, 0.15) is 30.5 Å². The van der Waals surface area contributed by atoms with E-state index in [0.717, 1.165) is 162 Å². The monoisotopic (exact) mass is 1550 g/mol. The van der Waals surface area contributed by atoms with Crippen molar-refractivity contribution in [1.82, 2.24) is 74.6 Å². The van der Waals surface area contributed by atoms with Crippen LogP contribution in [0.4, 0.5) is 0 Å². The minimum atomic E-state index is -1.16. The van der Waals surface area contributed by atoms with Crippen LogP contribution in [0.25, 0.3) is 123 Å². The van der Waals surface area contributed by atoms with Crippen LogP contribution in [-0.4, -0.2) is 122 Å². The molecule has 19 nitrogen and oxygen atoms in total. The Morgan fingerprint density at radius 1 is 0.485 bits per heavy atom. The van der Waals surface area contributed by atoms with Gasteiger partial charge in [-0.3, -0.25) is 20.1 Å². The van der Waals surface area contributed by atoms with Gasteiger partial charge in [-0.2, -0.15) is 15.3 Å². The van der Waals surface area contributed by atoms with Gasteiger partial charge in [0.25, 0.3) is 0 Å². The Morgan fingerprint density at radius 3 is 1.36 bits per heavy atom. The molecule has 0 aliphatic carbocycles. The molecule has 4 N–H and O–H groups in total. The lowest BCUT2D eigenvalue weighted by Crippen LogP contribution is -2.41. The number of ether oxygens (including phenoxy) is 2. The van der Waals surface area contributed by atoms with E-state index >= 15 is 0 Å². The van der Waals surface area contributed by atoms with Crippen molar-refractivity contribution in [3.8, 4) is 56.8 Å². The van der Waals surface area contributed by atoms with E-state index in [9.17, 15) is 0 Å². The summed E-state index contributed by atoms with van der Waals surface area (Å²) in [6, 6.07) is 50.1. The molecule has 0 unspecified atom stereocenters. The topological polar surface area (TPSA) is 226 Å². The first-order chi connectivity index (χ1) is 48.4. The number of aromatic nitrogens is 15. The highest BCUT2D eigenvalue weighted by Crippen LogP contribution is 2.39. The molecule has 16 rings (SSSR count). The Labute approximate surface area is 615 Å². The highest BCUT2D eigenvalue weighted by molar-refractivity contribution is 14.1. The summed E-state index contributed by atoms with van der Waals surface area (Å²) in [4.78, 5) is 36.7. The van der Waals surface area contributed by atoms with Crippen LogP contribution in [0.15, 0.2) is 183 Å². The zero-order valence-electron chi connectivity index (χ0n) is 57.7. The number of aromatic amines is 4. The van der Waals surface area contributed by atoms with Crippen LogP contribution < -0.4 is 5.46 Å². The molecular formula is C75H76BCl3IN15O4Si2. The van der Waals surface area contributed by atoms with E-state index in [1.54, 1.807) is 55.4 Å². The molecule has 0 amide bonds. The maximum absolute atomic E-state index is 6.45. The number of halogens is 4. The first-order valence-corrected chi connectivity index (χ1v) is 42.9. The second-order valence-corrected chi connectivity index (χ2v) is 41.8. The first kappa shape index (κ1) is 70.9. The van der Waals surface area contributed by atoms with E-state index in [-0.39, 0.29) is 0 Å². The Morgan fingerprint density at radius 2 is 0.911 bits per heavy atom. The largest absolute Gasteiger partial charge is 0.494 e. The number of fused-ring (bicyclic) bond motifs is 6. The van der Waals surface area contributed by atoms with Gasteiger partial charge in [0.2, 0.25) is 0 Å². The van der Waals surface area contributed by atoms with E-state index in [2.05, 4.69) is 171 Å². The van der Waals surface area contributed by atoms with Crippen molar-refractivity contribution in [3.05, 3.63) is 201 Å². The summed E-state index contributed by atoms with van der Waals surface area (Å²) in [6.45, 7) is 24.7. The summed E-state index contributed by atoms with van der Waals surface area (Å²) in [5.74, 6) is 2.21. The fraction of sp³-hybridized carbons (Fsp3) is 0.240. The molecule has 101 heavy (non-hydrogen) atoms. The number of rotatable bonds is 16. The van der Waals surface area contributed by atoms with Crippen molar-refractivity contribution < 1.29 is 18.8 Å². The van der Waals surface area contributed by atoms with Gasteiger partial charge >= 0.3 is 7.12 Å². The number of nitrogens with zero attached hydrogens (tertiary/aromatic N) is 11. The van der Waals surface area contributed by atoms with Crippen molar-refractivity contribution in [2.24, 2.45) is 0 Å². The van der Waals surface area contributed by atoms with Gasteiger partial charge in [0, 0.05) is 97.4 Å². The highest BCUT2D eigenvalue weighted by atomic mass is 127. The summed E-state index contributed by atoms with van der Waals surface area (Å²) in [6.07, 6.45) is 10.3. The summed E-state index contributed by atoms with van der Waals surface area (Å²) >= 11 is 20.6. The predicted molar refractivity (Wildman–Crippen MR) is 423 cm³/mol. The Hall–Kier alpha value is -8.47. The molecule has 1 aliphatic rings. The van der Waals surface area contributed by atoms with Crippen LogP contribution in [-0.2, 0) is 32.2 Å². The maximum atomic E-state index is 6.45. The molecule has 10 heterocycles. The lowest BCUT2D eigenvalue weighted by molar-refractivity contribution is 0.00578. The molecule has 0 atom stereocenters. The van der Waals surface area contributed by atoms with Crippen LogP contribution in [0.2, 0.25) is 66.4 Å². The highest BCUT2D eigenvalue weighted by Gasteiger charge is 2.52. The van der Waals surface area contributed by atoms with Gasteiger partial charge in [-0.05, 0) is 164 Å². The number of nitrogens with one attached hydrogen (secondary N) is 4. The van der Waals surface area contributed by atoms with Gasteiger partial charge < -0.3 is 33.7 Å². The van der Waals surface area contributed by atoms with Gasteiger partial charge in [0.05, 0.1) is 75.9 Å². The smallest absolute Gasteiger partial charge is 0.399 e. The molecule has 0 spiro atoms. The van der Waals surface area contributed by atoms with E-state index < -0.39 is 34.5 Å². The lowest BCUT2D eigenvalue weighted by Gasteiger charge is -2.32. The maximum Gasteiger partial charge on any atom is 0.494 e. The van der Waals surface area contributed by atoms with Crippen molar-refractivity contribution in [1.29, 1.82) is 0 Å². The molecule has 1 aliphatic heterocycles. The number of benzene rings is 6. The molecule has 0 radical (unpaired) electrons. The average Bonchev–Trinajstić information content (AvgIpc) is 1.62. The zero-order chi connectivity index (χ0) is 70.8. The van der Waals surface area contributed by atoms with Crippen LogP contribution in [0, 0.1) is 3.57 Å². The fourth-order valence-electron chi connectivity index (χ4n) is 11.4. The van der Waals surface area contributed by atoms with Gasteiger partial charge in [-0.25, -0.2) is 24.3 Å². The van der Waals surface area contributed by atoms with Crippen molar-refractivity contribution in [2.75, 3.05) is 13.2 Å². The number of hydrogen-bond donors (Lipinski definition) is 4. The molecule has 9 aromatic heterocycles. The molecule has 15 aromatic rings. The lowest BCUT2D eigenvalue weighted by atomic mass is 9.78. The molecule has 514 valence electrons. The van der Waals surface area contributed by atoms with E-state index in [1.165, 1.54) is 0 Å². The number of imidazole rings is 3. The second-order valence-electron chi connectivity index (χ2n) is 28.1. The summed E-state index contributed by atoms with van der Waals surface area (Å²) < 4.78 is 29.5. The van der Waals surface area contributed by atoms with Crippen LogP contribution >= 0.6 is 57.4 Å². The number of pyridine rings is 3. The number of hydrogen-bond acceptors (Lipinski definition) is 13. The van der Waals surface area contributed by atoms with Crippen molar-refractivity contribution in [3.63, 3.8) is 0 Å². The first-order valence-electron chi connectivity index (χ1n) is 33.2. The van der Waals surface area contributed by atoms with Gasteiger partial charge in [-0.15, -0.1) is 0 Å². The molecule has 1 saturated heterocycles. The number of H-pyrrole nitrogens is 4. The molecule has 0 saturated carbocycles. The zero-order valence-corrected chi connectivity index (χ0v) is 64.1. The standard InChI is InChI=1S/C26H35BN4O3Si.C25H26ClN5OSi.C19H12ClN5.C5H3ClIN/c1-25(2)26(3,4)34-27(33-25)18-12-13-22-19(16-18)23(24-28-20-10-8-9-11-21(20)29-24)30-31(22)17-32-14-15-35(5,6)7;1-33(2,3)13-12-32-16-31-23-9-8-17(19-15-27-11-10-20(19)26)14-18(23)24(30-31)25-28-21-6-4-5-7-22(21)29-25;20-14-7-8-21-10-13(14)11-5-6-15-12(9-11)18(25-24-15)19-22-16-3-1-2-4-17(16)23-19;6-4-1-2-8-3-5(4)7/h8-13,16H,14-15,17H2,1-7H3,(H,28,29);4-11,14-15H,12-13,16H2,1-3H3,(H,28,29);1-10H,(H,22,23)(H,24,25);1-3H. The van der Waals surface area contributed by atoms with E-state index in [0.29, 0.717) is 23.5 Å². The molecular weight excluding hydrogens is 1480 g/mol. The molecule has 1 fully saturated rings. The summed E-state index contributed by atoms with van der Waals surface area (Å²) in [7, 11) is -2.75. The van der Waals surface area contributed by atoms with E-state index in [1.807, 2.05) is 100 Å². The summed E-state index contributed by atoms with van der Waals surface area (Å²) in [5.41, 5.74) is 14.9. The Bertz CT molecular complexity index is 5310. The van der Waals surface area contributed by atoms with Gasteiger partial charge in [0.15, 0.2) is 17.5 Å². The SMILES string of the molecule is CC1(C)OB(c2ccc3c(c2)c(-c2nc4ccccc4[nH]2)nn3COCC[Si](C)(C)C)OC1(C)C.C[Si](C)(C)CCOCn1nc(-c2nc3ccccc3[nH]2)c2cc(-c3cnccc3Cl)ccc21.Clc1ccncc1-c1ccc2[nH]nc(-c3nc4ccccc4[nH]3)c2c1.Clc1ccncc1I. The van der Waals surface area contributed by atoms with Crippen LogP contribution in [0.1, 0.15) is 27.7 Å². The minimum absolute atomic E-state index is 0.397. The molecule has 0 bridgehead atoms. The number of para-hydroxylation sites is 6. The third kappa shape index (κ3) is 16.2. The second kappa shape index (κ2) is 29.8. The Balaban J connectivity index is 0.000000129. The summed E-state index contributed by atoms with van der Waals surface area (Å²) in [5, 5.41) is 22.4. The third-order valence-electron chi connectivity index (χ3n) is 17.8. The van der Waals surface area contributed by atoms with Crippen molar-refractivity contribution in [2.45, 2.75) is 104 Å². The molecule has 6 aromatic carbocycles. The fourth-order valence-corrected chi connectivity index (χ4v) is 13.8. The molecule has 26 heteroatoms.